The van der Waals surface area contributed by atoms with E-state index in [0.29, 0.717) is 5.56 Å². The summed E-state index contributed by atoms with van der Waals surface area (Å²) in [5.74, 6) is 0.548. The van der Waals surface area contributed by atoms with E-state index in [2.05, 4.69) is 10.4 Å². The highest BCUT2D eigenvalue weighted by molar-refractivity contribution is 5.97. The normalized spacial score (nSPS) is 17.0. The number of nitrogens with one attached hydrogen (secondary N) is 1. The van der Waals surface area contributed by atoms with Gasteiger partial charge in [0.25, 0.3) is 5.91 Å². The first-order valence-corrected chi connectivity index (χ1v) is 7.24. The van der Waals surface area contributed by atoms with E-state index in [0.717, 1.165) is 31.5 Å². The van der Waals surface area contributed by atoms with E-state index in [4.69, 9.17) is 0 Å². The monoisotopic (exact) mass is 288 g/mol. The van der Waals surface area contributed by atoms with Gasteiger partial charge in [-0.05, 0) is 25.0 Å². The molecule has 0 radical (unpaired) electrons. The summed E-state index contributed by atoms with van der Waals surface area (Å²) in [5, 5.41) is 16.8. The number of hydrogen-bond donors (Lipinski definition) is 2. The molecule has 1 aliphatic carbocycles. The molecule has 3 rings (SSSR count). The van der Waals surface area contributed by atoms with Crippen molar-refractivity contribution in [3.63, 3.8) is 0 Å². The van der Waals surface area contributed by atoms with E-state index in [1.54, 1.807) is 10.9 Å². The van der Waals surface area contributed by atoms with Gasteiger partial charge in [-0.1, -0.05) is 12.8 Å². The molecule has 0 saturated heterocycles. The Bertz CT molecular complexity index is 624. The van der Waals surface area contributed by atoms with Crippen molar-refractivity contribution in [1.82, 2.24) is 19.7 Å². The molecule has 1 fully saturated rings. The van der Waals surface area contributed by atoms with Crippen LogP contribution in [0.25, 0.3) is 5.82 Å². The smallest absolute Gasteiger partial charge is 0.257 e. The summed E-state index contributed by atoms with van der Waals surface area (Å²) in [4.78, 5) is 12.6. The van der Waals surface area contributed by atoms with E-state index in [1.165, 1.54) is 0 Å². The first-order chi connectivity index (χ1) is 10.2. The number of carbonyl (C=O) groups excluding carboxylic acids is 1. The number of aliphatic hydroxyl groups excluding tert-OH is 1. The van der Waals surface area contributed by atoms with Crippen molar-refractivity contribution < 1.29 is 9.90 Å². The summed E-state index contributed by atoms with van der Waals surface area (Å²) < 4.78 is 3.54. The van der Waals surface area contributed by atoms with Crippen LogP contribution in [0, 0.1) is 0 Å². The first-order valence-electron chi connectivity index (χ1n) is 7.24. The van der Waals surface area contributed by atoms with Crippen LogP contribution in [-0.2, 0) is 7.05 Å². The maximum atomic E-state index is 12.6. The van der Waals surface area contributed by atoms with Crippen LogP contribution in [0.3, 0.4) is 0 Å². The van der Waals surface area contributed by atoms with Gasteiger partial charge in [-0.3, -0.25) is 9.48 Å². The van der Waals surface area contributed by atoms with Crippen molar-refractivity contribution in [2.24, 2.45) is 7.05 Å². The highest BCUT2D eigenvalue weighted by Gasteiger charge is 2.35. The second kappa shape index (κ2) is 5.37. The summed E-state index contributed by atoms with van der Waals surface area (Å²) in [5.41, 5.74) is 0.0503. The van der Waals surface area contributed by atoms with Gasteiger partial charge in [0.15, 0.2) is 0 Å². The van der Waals surface area contributed by atoms with Gasteiger partial charge in [-0.2, -0.15) is 5.10 Å². The largest absolute Gasteiger partial charge is 0.394 e. The second-order valence-electron chi connectivity index (χ2n) is 5.70. The molecular formula is C15H20N4O2. The minimum Gasteiger partial charge on any atom is -0.394 e. The minimum atomic E-state index is -0.471. The average Bonchev–Trinajstić information content (AvgIpc) is 3.18. The van der Waals surface area contributed by atoms with Crippen LogP contribution >= 0.6 is 0 Å². The van der Waals surface area contributed by atoms with E-state index < -0.39 is 5.54 Å². The van der Waals surface area contributed by atoms with Gasteiger partial charge in [-0.15, -0.1) is 0 Å². The quantitative estimate of drug-likeness (QED) is 0.889. The van der Waals surface area contributed by atoms with Gasteiger partial charge in [0.05, 0.1) is 18.3 Å². The Morgan fingerprint density at radius 2 is 2.05 bits per heavy atom. The van der Waals surface area contributed by atoms with Gasteiger partial charge < -0.3 is 15.0 Å². The van der Waals surface area contributed by atoms with Crippen LogP contribution in [-0.4, -0.2) is 37.5 Å². The van der Waals surface area contributed by atoms with Crippen molar-refractivity contribution >= 4 is 5.91 Å². The van der Waals surface area contributed by atoms with E-state index in [-0.39, 0.29) is 12.5 Å². The number of amides is 1. The lowest BCUT2D eigenvalue weighted by Crippen LogP contribution is -2.49. The maximum absolute atomic E-state index is 12.6. The molecule has 0 bridgehead atoms. The topological polar surface area (TPSA) is 72.1 Å². The van der Waals surface area contributed by atoms with Gasteiger partial charge in [0, 0.05) is 19.4 Å². The molecule has 6 nitrogen and oxygen atoms in total. The van der Waals surface area contributed by atoms with E-state index >= 15 is 0 Å². The molecule has 6 heteroatoms. The van der Waals surface area contributed by atoms with Crippen LogP contribution in [0.1, 0.15) is 36.0 Å². The first kappa shape index (κ1) is 13.9. The minimum absolute atomic E-state index is 0.0160. The summed E-state index contributed by atoms with van der Waals surface area (Å²) in [6, 6.07) is 3.81. The molecule has 112 valence electrons. The lowest BCUT2D eigenvalue weighted by atomic mass is 9.98. The van der Waals surface area contributed by atoms with Crippen LogP contribution < -0.4 is 5.32 Å². The third kappa shape index (κ3) is 2.47. The van der Waals surface area contributed by atoms with Crippen LogP contribution in [0.5, 0.6) is 0 Å². The maximum Gasteiger partial charge on any atom is 0.257 e. The highest BCUT2D eigenvalue weighted by Crippen LogP contribution is 2.29. The second-order valence-corrected chi connectivity index (χ2v) is 5.70. The van der Waals surface area contributed by atoms with Crippen LogP contribution in [0.2, 0.25) is 0 Å². The lowest BCUT2D eigenvalue weighted by Gasteiger charge is -2.27. The Balaban J connectivity index is 1.89. The Morgan fingerprint density at radius 3 is 2.67 bits per heavy atom. The molecule has 1 amide bonds. The fourth-order valence-electron chi connectivity index (χ4n) is 3.06. The summed E-state index contributed by atoms with van der Waals surface area (Å²) in [6.45, 7) is -0.0160. The van der Waals surface area contributed by atoms with Gasteiger partial charge in [0.2, 0.25) is 0 Å². The molecule has 0 aromatic carbocycles. The van der Waals surface area contributed by atoms with Crippen molar-refractivity contribution in [1.29, 1.82) is 0 Å². The zero-order valence-corrected chi connectivity index (χ0v) is 12.1. The van der Waals surface area contributed by atoms with Crippen molar-refractivity contribution in [2.75, 3.05) is 6.61 Å². The van der Waals surface area contributed by atoms with Gasteiger partial charge >= 0.3 is 0 Å². The molecule has 0 aliphatic heterocycles. The van der Waals surface area contributed by atoms with Crippen LogP contribution in [0.4, 0.5) is 0 Å². The zero-order chi connectivity index (χ0) is 14.9. The summed E-state index contributed by atoms with van der Waals surface area (Å²) in [6.07, 6.45) is 9.07. The van der Waals surface area contributed by atoms with Gasteiger partial charge in [0.1, 0.15) is 11.4 Å². The molecule has 0 atom stereocenters. The fourth-order valence-corrected chi connectivity index (χ4v) is 3.06. The number of hydrogen-bond acceptors (Lipinski definition) is 3. The number of aromatic nitrogens is 3. The molecule has 1 saturated carbocycles. The summed E-state index contributed by atoms with van der Waals surface area (Å²) in [7, 11) is 1.81. The Labute approximate surface area is 123 Å². The fraction of sp³-hybridized carbons (Fsp3) is 0.467. The third-order valence-corrected chi connectivity index (χ3v) is 4.24. The van der Waals surface area contributed by atoms with Crippen molar-refractivity contribution in [2.45, 2.75) is 31.2 Å². The number of aryl methyl sites for hydroxylation is 1. The molecule has 0 unspecified atom stereocenters. The highest BCUT2D eigenvalue weighted by atomic mass is 16.3. The lowest BCUT2D eigenvalue weighted by molar-refractivity contribution is 0.0838. The summed E-state index contributed by atoms with van der Waals surface area (Å²) >= 11 is 0. The molecule has 2 heterocycles. The molecule has 2 N–H and O–H groups in total. The predicted octanol–water partition coefficient (Wildman–Crippen LogP) is 1.25. The van der Waals surface area contributed by atoms with E-state index in [9.17, 15) is 9.90 Å². The number of nitrogens with zero attached hydrogens (tertiary/aromatic N) is 3. The standard InChI is InChI=1S/C15H20N4O2/c1-18-14(19-8-4-5-9-19)12(10-16-18)13(21)17-15(11-20)6-2-3-7-15/h4-5,8-10,20H,2-3,6-7,11H2,1H3,(H,17,21). The Hall–Kier alpha value is -2.08. The molecule has 0 spiro atoms. The van der Waals surface area contributed by atoms with E-state index in [1.807, 2.05) is 36.1 Å². The van der Waals surface area contributed by atoms with Gasteiger partial charge in [-0.25, -0.2) is 0 Å². The number of aliphatic hydroxyl groups is 1. The number of rotatable bonds is 4. The molecular weight excluding hydrogens is 268 g/mol. The van der Waals surface area contributed by atoms with Crippen molar-refractivity contribution in [3.05, 3.63) is 36.3 Å². The third-order valence-electron chi connectivity index (χ3n) is 4.24. The SMILES string of the molecule is Cn1ncc(C(=O)NC2(CO)CCCC2)c1-n1cccc1. The Kier molecular flexibility index (Phi) is 3.55. The predicted molar refractivity (Wildman–Crippen MR) is 78.3 cm³/mol. The van der Waals surface area contributed by atoms with Crippen molar-refractivity contribution in [3.8, 4) is 5.82 Å². The van der Waals surface area contributed by atoms with Crippen LogP contribution in [0.15, 0.2) is 30.7 Å². The zero-order valence-electron chi connectivity index (χ0n) is 12.1. The average molecular weight is 288 g/mol. The Morgan fingerprint density at radius 1 is 1.38 bits per heavy atom. The molecule has 2 aromatic rings. The number of carbonyl (C=O) groups is 1. The molecule has 2 aromatic heterocycles. The molecule has 21 heavy (non-hydrogen) atoms. The molecule has 1 aliphatic rings.